The van der Waals surface area contributed by atoms with E-state index in [0.29, 0.717) is 12.6 Å². The number of rotatable bonds is 2. The minimum atomic E-state index is -2.38. The minimum absolute atomic E-state index is 0.0726. The number of hydrogen-bond donors (Lipinski definition) is 0. The van der Waals surface area contributed by atoms with Crippen LogP contribution in [0.1, 0.15) is 19.8 Å². The first-order valence-electron chi connectivity index (χ1n) is 4.75. The van der Waals surface area contributed by atoms with Gasteiger partial charge in [0.05, 0.1) is 0 Å². The molecule has 0 aromatic heterocycles. The molecule has 3 unspecified atom stereocenters. The summed E-state index contributed by atoms with van der Waals surface area (Å²) < 4.78 is 25.2. The van der Waals surface area contributed by atoms with Gasteiger partial charge < -0.3 is 0 Å². The molecular weight excluding hydrogens is 196 g/mol. The number of halogens is 3. The second-order valence-electron chi connectivity index (χ2n) is 4.30. The van der Waals surface area contributed by atoms with Gasteiger partial charge in [-0.25, -0.2) is 8.78 Å². The van der Waals surface area contributed by atoms with Gasteiger partial charge in [0.25, 0.3) is 5.92 Å². The van der Waals surface area contributed by atoms with Crippen LogP contribution in [0.3, 0.4) is 0 Å². The summed E-state index contributed by atoms with van der Waals surface area (Å²) in [5, 5.41) is 0.155. The highest BCUT2D eigenvalue weighted by atomic mass is 35.5. The van der Waals surface area contributed by atoms with Crippen molar-refractivity contribution in [2.75, 3.05) is 13.1 Å². The van der Waals surface area contributed by atoms with E-state index < -0.39 is 11.8 Å². The predicted molar refractivity (Wildman–Crippen MR) is 48.3 cm³/mol. The SMILES string of the molecule is CC1CC(Cl)CN1CC1CC1(F)F. The molecule has 4 heteroatoms. The molecule has 13 heavy (non-hydrogen) atoms. The highest BCUT2D eigenvalue weighted by Gasteiger charge is 2.57. The predicted octanol–water partition coefficient (Wildman–Crippen LogP) is 2.34. The minimum Gasteiger partial charge on any atom is -0.299 e. The van der Waals surface area contributed by atoms with Crippen molar-refractivity contribution in [1.29, 1.82) is 0 Å². The molecular formula is C9H14ClF2N. The van der Waals surface area contributed by atoms with Crippen LogP contribution in [0.25, 0.3) is 0 Å². The van der Waals surface area contributed by atoms with Crippen molar-refractivity contribution >= 4 is 11.6 Å². The van der Waals surface area contributed by atoms with E-state index in [1.54, 1.807) is 0 Å². The van der Waals surface area contributed by atoms with Crippen LogP contribution in [0.15, 0.2) is 0 Å². The Labute approximate surface area is 82.0 Å². The maximum Gasteiger partial charge on any atom is 0.252 e. The van der Waals surface area contributed by atoms with Gasteiger partial charge in [0.1, 0.15) is 0 Å². The fourth-order valence-electron chi connectivity index (χ4n) is 2.03. The lowest BCUT2D eigenvalue weighted by Gasteiger charge is -2.20. The van der Waals surface area contributed by atoms with Gasteiger partial charge in [-0.1, -0.05) is 0 Å². The van der Waals surface area contributed by atoms with E-state index in [0.717, 1.165) is 13.0 Å². The lowest BCUT2D eigenvalue weighted by atomic mass is 10.2. The van der Waals surface area contributed by atoms with Crippen LogP contribution < -0.4 is 0 Å². The van der Waals surface area contributed by atoms with Gasteiger partial charge in [0.15, 0.2) is 0 Å². The maximum absolute atomic E-state index is 12.6. The summed E-state index contributed by atoms with van der Waals surface area (Å²) in [6, 6.07) is 0.374. The van der Waals surface area contributed by atoms with Crippen molar-refractivity contribution < 1.29 is 8.78 Å². The van der Waals surface area contributed by atoms with Crippen LogP contribution in [-0.4, -0.2) is 35.3 Å². The first-order valence-corrected chi connectivity index (χ1v) is 5.18. The smallest absolute Gasteiger partial charge is 0.252 e. The van der Waals surface area contributed by atoms with Gasteiger partial charge in [-0.3, -0.25) is 4.90 Å². The number of likely N-dealkylation sites (tertiary alicyclic amines) is 1. The zero-order valence-corrected chi connectivity index (χ0v) is 8.40. The van der Waals surface area contributed by atoms with Crippen molar-refractivity contribution in [2.45, 2.75) is 37.1 Å². The lowest BCUT2D eigenvalue weighted by Crippen LogP contribution is -2.30. The molecule has 1 heterocycles. The quantitative estimate of drug-likeness (QED) is 0.631. The van der Waals surface area contributed by atoms with Crippen LogP contribution in [-0.2, 0) is 0 Å². The largest absolute Gasteiger partial charge is 0.299 e. The third-order valence-electron chi connectivity index (χ3n) is 3.06. The number of nitrogens with zero attached hydrogens (tertiary/aromatic N) is 1. The standard InChI is InChI=1S/C9H14ClF2N/c1-6-2-8(10)5-13(6)4-7-3-9(7,11)12/h6-8H,2-5H2,1H3. The first-order chi connectivity index (χ1) is 5.99. The molecule has 1 nitrogen and oxygen atoms in total. The van der Waals surface area contributed by atoms with Crippen LogP contribution in [0.2, 0.25) is 0 Å². The summed E-state index contributed by atoms with van der Waals surface area (Å²) in [6.07, 6.45) is 1.00. The third kappa shape index (κ3) is 1.96. The molecule has 0 N–H and O–H groups in total. The van der Waals surface area contributed by atoms with Crippen LogP contribution in [0.5, 0.6) is 0 Å². The van der Waals surface area contributed by atoms with E-state index in [4.69, 9.17) is 11.6 Å². The van der Waals surface area contributed by atoms with E-state index in [-0.39, 0.29) is 11.8 Å². The van der Waals surface area contributed by atoms with E-state index >= 15 is 0 Å². The van der Waals surface area contributed by atoms with Crippen molar-refractivity contribution in [2.24, 2.45) is 5.92 Å². The number of hydrogen-bond acceptors (Lipinski definition) is 1. The van der Waals surface area contributed by atoms with Gasteiger partial charge in [0.2, 0.25) is 0 Å². The molecule has 2 rings (SSSR count). The zero-order chi connectivity index (χ0) is 9.64. The monoisotopic (exact) mass is 209 g/mol. The average Bonchev–Trinajstić information content (AvgIpc) is 2.43. The molecule has 1 aliphatic heterocycles. The van der Waals surface area contributed by atoms with Crippen molar-refractivity contribution in [3.05, 3.63) is 0 Å². The molecule has 0 aromatic carbocycles. The summed E-state index contributed by atoms with van der Waals surface area (Å²) in [6.45, 7) is 3.36. The van der Waals surface area contributed by atoms with Gasteiger partial charge in [-0.05, 0) is 13.3 Å². The Bertz CT molecular complexity index is 210. The number of alkyl halides is 3. The maximum atomic E-state index is 12.6. The van der Waals surface area contributed by atoms with Gasteiger partial charge >= 0.3 is 0 Å². The molecule has 1 saturated carbocycles. The second-order valence-corrected chi connectivity index (χ2v) is 4.92. The highest BCUT2D eigenvalue weighted by molar-refractivity contribution is 6.21. The Morgan fingerprint density at radius 1 is 1.54 bits per heavy atom. The van der Waals surface area contributed by atoms with Crippen LogP contribution in [0, 0.1) is 5.92 Å². The third-order valence-corrected chi connectivity index (χ3v) is 3.38. The zero-order valence-electron chi connectivity index (χ0n) is 7.64. The Kier molecular flexibility index (Phi) is 2.27. The van der Waals surface area contributed by atoms with E-state index in [1.807, 2.05) is 0 Å². The van der Waals surface area contributed by atoms with E-state index in [2.05, 4.69) is 11.8 Å². The Morgan fingerprint density at radius 3 is 2.54 bits per heavy atom. The Hall–Kier alpha value is 0.110. The molecule has 3 atom stereocenters. The highest BCUT2D eigenvalue weighted by Crippen LogP contribution is 2.49. The molecule has 0 amide bonds. The van der Waals surface area contributed by atoms with Gasteiger partial charge in [0, 0.05) is 36.8 Å². The summed E-state index contributed by atoms with van der Waals surface area (Å²) in [5.41, 5.74) is 0. The summed E-state index contributed by atoms with van der Waals surface area (Å²) >= 11 is 5.95. The van der Waals surface area contributed by atoms with E-state index in [9.17, 15) is 8.78 Å². The Balaban J connectivity index is 1.83. The lowest BCUT2D eigenvalue weighted by molar-refractivity contribution is 0.0864. The van der Waals surface area contributed by atoms with Gasteiger partial charge in [-0.2, -0.15) is 0 Å². The molecule has 1 saturated heterocycles. The first kappa shape index (κ1) is 9.66. The fraction of sp³-hybridized carbons (Fsp3) is 1.00. The van der Waals surface area contributed by atoms with Crippen molar-refractivity contribution in [1.82, 2.24) is 4.90 Å². The average molecular weight is 210 g/mol. The molecule has 2 aliphatic rings. The fourth-order valence-corrected chi connectivity index (χ4v) is 2.47. The van der Waals surface area contributed by atoms with Crippen molar-refractivity contribution in [3.63, 3.8) is 0 Å². The molecule has 0 bridgehead atoms. The van der Waals surface area contributed by atoms with Gasteiger partial charge in [-0.15, -0.1) is 11.6 Å². The van der Waals surface area contributed by atoms with E-state index in [1.165, 1.54) is 0 Å². The topological polar surface area (TPSA) is 3.24 Å². The second kappa shape index (κ2) is 3.06. The summed E-state index contributed by atoms with van der Waals surface area (Å²) in [5.74, 6) is -2.79. The normalized spacial score (nSPS) is 43.8. The molecule has 2 fully saturated rings. The molecule has 76 valence electrons. The van der Waals surface area contributed by atoms with Crippen LogP contribution >= 0.6 is 11.6 Å². The summed E-state index contributed by atoms with van der Waals surface area (Å²) in [7, 11) is 0. The Morgan fingerprint density at radius 2 is 2.15 bits per heavy atom. The molecule has 0 aromatic rings. The van der Waals surface area contributed by atoms with Crippen LogP contribution in [0.4, 0.5) is 8.78 Å². The molecule has 1 aliphatic carbocycles. The molecule has 0 radical (unpaired) electrons. The molecule has 0 spiro atoms. The summed E-state index contributed by atoms with van der Waals surface area (Å²) in [4.78, 5) is 2.09. The van der Waals surface area contributed by atoms with Crippen molar-refractivity contribution in [3.8, 4) is 0 Å².